The van der Waals surface area contributed by atoms with Crippen LogP contribution in [0.2, 0.25) is 0 Å². The molecule has 0 aromatic heterocycles. The molecule has 2 unspecified atom stereocenters. The molecule has 0 aromatic carbocycles. The molecule has 4 nitrogen and oxygen atoms in total. The zero-order valence-corrected chi connectivity index (χ0v) is 24.4. The van der Waals surface area contributed by atoms with Crippen LogP contribution in [0.3, 0.4) is 0 Å². The molecule has 0 rings (SSSR count). The second-order valence-corrected chi connectivity index (χ2v) is 12.8. The maximum Gasteiger partial charge on any atom is 0.385 e. The molecule has 0 aliphatic rings. The highest BCUT2D eigenvalue weighted by Gasteiger charge is 2.41. The van der Waals surface area contributed by atoms with Gasteiger partial charge in [-0.05, 0) is 64.2 Å². The number of hydrogen-bond acceptors (Lipinski definition) is 2. The van der Waals surface area contributed by atoms with Crippen molar-refractivity contribution in [3.63, 3.8) is 0 Å². The van der Waals surface area contributed by atoms with Crippen molar-refractivity contribution in [2.45, 2.75) is 135 Å². The summed E-state index contributed by atoms with van der Waals surface area (Å²) in [6, 6.07) is 0. The molecule has 1 N–H and O–H groups in total. The Hall–Kier alpha value is -0.410. The van der Waals surface area contributed by atoms with E-state index in [2.05, 4.69) is 38.2 Å². The molecule has 5 heteroatoms. The van der Waals surface area contributed by atoms with Gasteiger partial charge in [0, 0.05) is 6.42 Å². The molecule has 0 heterocycles. The number of quaternary nitrogens is 1. The maximum atomic E-state index is 12.7. The van der Waals surface area contributed by atoms with Crippen molar-refractivity contribution in [3.05, 3.63) is 24.3 Å². The molecule has 0 spiro atoms. The van der Waals surface area contributed by atoms with Crippen LogP contribution in [-0.2, 0) is 9.09 Å². The van der Waals surface area contributed by atoms with Gasteiger partial charge in [0.05, 0.1) is 27.7 Å². The highest BCUT2D eigenvalue weighted by Crippen LogP contribution is 2.51. The van der Waals surface area contributed by atoms with Gasteiger partial charge in [-0.25, -0.2) is 0 Å². The molecule has 0 radical (unpaired) electrons. The number of nitrogens with zero attached hydrogens (tertiary/aromatic N) is 1. The third-order valence-corrected chi connectivity index (χ3v) is 8.67. The van der Waals surface area contributed by atoms with Crippen LogP contribution in [0.4, 0.5) is 0 Å². The summed E-state index contributed by atoms with van der Waals surface area (Å²) >= 11 is 0. The SMILES string of the molecule is CCCCC/C=C\CCCC/C=C\CCCCCCCCCOP(=O)(O)C(CCC)[N+](C)(C)C. The molecule has 34 heavy (non-hydrogen) atoms. The van der Waals surface area contributed by atoms with Gasteiger partial charge in [0.1, 0.15) is 0 Å². The van der Waals surface area contributed by atoms with Gasteiger partial charge in [0.15, 0.2) is 5.78 Å². The fourth-order valence-electron chi connectivity index (χ4n) is 4.28. The van der Waals surface area contributed by atoms with Gasteiger partial charge in [-0.1, -0.05) is 83.1 Å². The Bertz CT molecular complexity index is 554. The lowest BCUT2D eigenvalue weighted by Gasteiger charge is -2.35. The van der Waals surface area contributed by atoms with E-state index >= 15 is 0 Å². The highest BCUT2D eigenvalue weighted by molar-refractivity contribution is 7.53. The van der Waals surface area contributed by atoms with Crippen LogP contribution in [0.5, 0.6) is 0 Å². The van der Waals surface area contributed by atoms with E-state index in [1.165, 1.54) is 89.9 Å². The molecule has 0 fully saturated rings. The predicted molar refractivity (Wildman–Crippen MR) is 150 cm³/mol. The van der Waals surface area contributed by atoms with E-state index in [-0.39, 0.29) is 5.78 Å². The van der Waals surface area contributed by atoms with E-state index in [1.54, 1.807) is 0 Å². The standard InChI is InChI=1S/C29H58NO3P/c1-6-8-9-10-11-12-13-14-15-16-17-18-19-20-21-22-23-24-25-26-28-33-34(31,32)29(27-7-2)30(3,4)5/h11-12,17-18,29H,6-10,13-16,19-28H2,1-5H3/p+1/b12-11-,18-17-. The van der Waals surface area contributed by atoms with Crippen LogP contribution in [0.1, 0.15) is 129 Å². The third kappa shape index (κ3) is 19.8. The molecule has 0 saturated carbocycles. The van der Waals surface area contributed by atoms with Crippen molar-refractivity contribution in [1.82, 2.24) is 0 Å². The van der Waals surface area contributed by atoms with Gasteiger partial charge in [-0.2, -0.15) is 0 Å². The summed E-state index contributed by atoms with van der Waals surface area (Å²) in [6.07, 6.45) is 30.9. The summed E-state index contributed by atoms with van der Waals surface area (Å²) in [7, 11) is 2.34. The van der Waals surface area contributed by atoms with Crippen LogP contribution in [0.25, 0.3) is 0 Å². The zero-order valence-electron chi connectivity index (χ0n) is 23.5. The van der Waals surface area contributed by atoms with E-state index in [1.807, 2.05) is 21.1 Å². The molecule has 2 atom stereocenters. The summed E-state index contributed by atoms with van der Waals surface area (Å²) < 4.78 is 18.6. The number of hydrogen-bond donors (Lipinski definition) is 1. The first-order valence-electron chi connectivity index (χ1n) is 14.3. The van der Waals surface area contributed by atoms with Crippen LogP contribution in [0.15, 0.2) is 24.3 Å². The topological polar surface area (TPSA) is 46.5 Å². The molecule has 202 valence electrons. The van der Waals surface area contributed by atoms with Crippen molar-refractivity contribution in [1.29, 1.82) is 0 Å². The summed E-state index contributed by atoms with van der Waals surface area (Å²) in [5.41, 5.74) is 0. The smallest absolute Gasteiger partial charge is 0.320 e. The molecular formula is C29H59NO3P+. The minimum Gasteiger partial charge on any atom is -0.320 e. The quantitative estimate of drug-likeness (QED) is 0.0621. The van der Waals surface area contributed by atoms with Gasteiger partial charge in [-0.15, -0.1) is 0 Å². The Morgan fingerprint density at radius 3 is 1.53 bits per heavy atom. The average molecular weight is 501 g/mol. The van der Waals surface area contributed by atoms with Crippen molar-refractivity contribution in [2.75, 3.05) is 27.7 Å². The Labute approximate surface area is 213 Å². The molecule has 0 aliphatic carbocycles. The summed E-state index contributed by atoms with van der Waals surface area (Å²) in [6.45, 7) is 4.71. The summed E-state index contributed by atoms with van der Waals surface area (Å²) in [5, 5.41) is 0. The van der Waals surface area contributed by atoms with E-state index in [0.29, 0.717) is 17.5 Å². The maximum absolute atomic E-state index is 12.7. The number of rotatable bonds is 24. The zero-order chi connectivity index (χ0) is 25.5. The Kier molecular flexibility index (Phi) is 21.6. The summed E-state index contributed by atoms with van der Waals surface area (Å²) in [4.78, 5) is 10.4. The molecule has 0 saturated heterocycles. The lowest BCUT2D eigenvalue weighted by molar-refractivity contribution is -0.883. The fourth-order valence-corrected chi connectivity index (χ4v) is 6.31. The van der Waals surface area contributed by atoms with Crippen molar-refractivity contribution in [3.8, 4) is 0 Å². The van der Waals surface area contributed by atoms with E-state index in [9.17, 15) is 9.46 Å². The van der Waals surface area contributed by atoms with Crippen molar-refractivity contribution >= 4 is 7.60 Å². The second-order valence-electron chi connectivity index (χ2n) is 10.8. The first-order valence-corrected chi connectivity index (χ1v) is 16.0. The minimum atomic E-state index is -3.57. The van der Waals surface area contributed by atoms with Crippen LogP contribution >= 0.6 is 7.60 Å². The fraction of sp³-hybridized carbons (Fsp3) is 0.862. The van der Waals surface area contributed by atoms with E-state index in [4.69, 9.17) is 4.52 Å². The van der Waals surface area contributed by atoms with E-state index in [0.717, 1.165) is 19.3 Å². The monoisotopic (exact) mass is 500 g/mol. The molecule has 0 aliphatic heterocycles. The first kappa shape index (κ1) is 33.6. The van der Waals surface area contributed by atoms with Gasteiger partial charge in [0.25, 0.3) is 0 Å². The van der Waals surface area contributed by atoms with Crippen molar-refractivity contribution in [2.24, 2.45) is 0 Å². The lowest BCUT2D eigenvalue weighted by Crippen LogP contribution is -2.45. The lowest BCUT2D eigenvalue weighted by atomic mass is 10.1. The number of allylic oxidation sites excluding steroid dienone is 4. The molecule has 0 amide bonds. The van der Waals surface area contributed by atoms with Gasteiger partial charge in [-0.3, -0.25) is 4.57 Å². The predicted octanol–water partition coefficient (Wildman–Crippen LogP) is 9.39. The van der Waals surface area contributed by atoms with Gasteiger partial charge < -0.3 is 13.9 Å². The van der Waals surface area contributed by atoms with Crippen molar-refractivity contribution < 1.29 is 18.5 Å². The van der Waals surface area contributed by atoms with Crippen LogP contribution in [-0.4, -0.2) is 42.9 Å². The van der Waals surface area contributed by atoms with Crippen LogP contribution in [0, 0.1) is 0 Å². The van der Waals surface area contributed by atoms with Gasteiger partial charge in [0.2, 0.25) is 0 Å². The first-order chi connectivity index (χ1) is 16.3. The third-order valence-electron chi connectivity index (χ3n) is 6.41. The molecule has 0 bridgehead atoms. The second kappa shape index (κ2) is 21.8. The van der Waals surface area contributed by atoms with Gasteiger partial charge >= 0.3 is 7.60 Å². The minimum absolute atomic E-state index is 0.339. The Morgan fingerprint density at radius 1 is 0.676 bits per heavy atom. The molecular weight excluding hydrogens is 441 g/mol. The molecule has 0 aromatic rings. The highest BCUT2D eigenvalue weighted by atomic mass is 31.2. The average Bonchev–Trinajstić information content (AvgIpc) is 2.77. The Balaban J connectivity index is 3.55. The Morgan fingerprint density at radius 2 is 1.09 bits per heavy atom. The number of unbranched alkanes of at least 4 members (excludes halogenated alkanes) is 13. The summed E-state index contributed by atoms with van der Waals surface area (Å²) in [5.74, 6) is -0.339. The normalized spacial score (nSPS) is 15.4. The largest absolute Gasteiger partial charge is 0.385 e. The van der Waals surface area contributed by atoms with E-state index < -0.39 is 7.60 Å². The van der Waals surface area contributed by atoms with Crippen LogP contribution < -0.4 is 0 Å².